The maximum absolute atomic E-state index is 12.4. The summed E-state index contributed by atoms with van der Waals surface area (Å²) in [7, 11) is 0. The molecule has 0 atom stereocenters. The summed E-state index contributed by atoms with van der Waals surface area (Å²) < 4.78 is 0. The lowest BCUT2D eigenvalue weighted by atomic mass is 9.95. The summed E-state index contributed by atoms with van der Waals surface area (Å²) in [6.45, 7) is 1.77. The first-order valence-corrected chi connectivity index (χ1v) is 9.49. The van der Waals surface area contributed by atoms with E-state index in [1.165, 1.54) is 38.5 Å². The predicted octanol–water partition coefficient (Wildman–Crippen LogP) is 3.36. The van der Waals surface area contributed by atoms with Crippen molar-refractivity contribution in [3.8, 4) is 0 Å². The molecule has 0 aromatic carbocycles. The van der Waals surface area contributed by atoms with Crippen LogP contribution in [0.25, 0.3) is 0 Å². The molecule has 4 rings (SSSR count). The van der Waals surface area contributed by atoms with Crippen molar-refractivity contribution in [1.82, 2.24) is 20.1 Å². The van der Waals surface area contributed by atoms with Crippen molar-refractivity contribution in [2.24, 2.45) is 5.92 Å². The van der Waals surface area contributed by atoms with Crippen LogP contribution in [0.4, 0.5) is 0 Å². The fraction of sp³-hybridized carbons (Fsp3) is 0.833. The van der Waals surface area contributed by atoms with Crippen LogP contribution in [0, 0.1) is 5.92 Å². The molecule has 0 bridgehead atoms. The van der Waals surface area contributed by atoms with Gasteiger partial charge < -0.3 is 4.90 Å². The maximum atomic E-state index is 12.4. The Hall–Kier alpha value is -1.39. The van der Waals surface area contributed by atoms with Gasteiger partial charge in [0.2, 0.25) is 5.91 Å². The third-order valence-corrected chi connectivity index (χ3v) is 5.94. The number of H-pyrrole nitrogens is 1. The molecule has 3 aliphatic rings. The Labute approximate surface area is 138 Å². The summed E-state index contributed by atoms with van der Waals surface area (Å²) in [5, 5.41) is 7.50. The van der Waals surface area contributed by atoms with Crippen LogP contribution in [-0.4, -0.2) is 39.1 Å². The molecule has 5 heteroatoms. The third kappa shape index (κ3) is 3.59. The van der Waals surface area contributed by atoms with Gasteiger partial charge in [-0.2, -0.15) is 5.10 Å². The quantitative estimate of drug-likeness (QED) is 0.906. The summed E-state index contributed by atoms with van der Waals surface area (Å²) >= 11 is 0. The van der Waals surface area contributed by atoms with Crippen LogP contribution in [0.3, 0.4) is 0 Å². The van der Waals surface area contributed by atoms with Crippen molar-refractivity contribution < 1.29 is 4.79 Å². The Kier molecular flexibility index (Phi) is 4.36. The Balaban J connectivity index is 1.23. The molecule has 2 saturated carbocycles. The van der Waals surface area contributed by atoms with Crippen LogP contribution in [0.2, 0.25) is 0 Å². The monoisotopic (exact) mass is 316 g/mol. The second-order valence-electron chi connectivity index (χ2n) is 7.70. The molecular formula is C18H28N4O. The largest absolute Gasteiger partial charge is 0.343 e. The van der Waals surface area contributed by atoms with E-state index in [-0.39, 0.29) is 0 Å². The molecule has 23 heavy (non-hydrogen) atoms. The minimum absolute atomic E-state index is 0.367. The molecule has 1 aromatic heterocycles. The van der Waals surface area contributed by atoms with Crippen molar-refractivity contribution in [2.75, 3.05) is 13.1 Å². The van der Waals surface area contributed by atoms with E-state index in [2.05, 4.69) is 20.1 Å². The molecule has 2 heterocycles. The Morgan fingerprint density at radius 3 is 2.48 bits per heavy atom. The topological polar surface area (TPSA) is 61.9 Å². The van der Waals surface area contributed by atoms with Crippen LogP contribution in [0.5, 0.6) is 0 Å². The zero-order valence-corrected chi connectivity index (χ0v) is 14.0. The summed E-state index contributed by atoms with van der Waals surface area (Å²) in [5.41, 5.74) is 0. The smallest absolute Gasteiger partial charge is 0.222 e. The zero-order valence-electron chi connectivity index (χ0n) is 14.0. The number of nitrogens with one attached hydrogen (secondary N) is 1. The highest BCUT2D eigenvalue weighted by molar-refractivity contribution is 5.76. The van der Waals surface area contributed by atoms with E-state index in [9.17, 15) is 4.79 Å². The summed E-state index contributed by atoms with van der Waals surface area (Å²) in [6, 6.07) is 0. The van der Waals surface area contributed by atoms with Crippen molar-refractivity contribution in [2.45, 2.75) is 76.0 Å². The normalized spacial score (nSPS) is 23.6. The van der Waals surface area contributed by atoms with E-state index in [4.69, 9.17) is 0 Å². The number of aromatic amines is 1. The number of carbonyl (C=O) groups excluding carboxylic acids is 1. The highest BCUT2D eigenvalue weighted by Crippen LogP contribution is 2.38. The van der Waals surface area contributed by atoms with E-state index in [0.29, 0.717) is 17.7 Å². The van der Waals surface area contributed by atoms with E-state index in [1.807, 2.05) is 0 Å². The maximum Gasteiger partial charge on any atom is 0.222 e. The minimum atomic E-state index is 0.367. The molecule has 1 saturated heterocycles. The van der Waals surface area contributed by atoms with Crippen molar-refractivity contribution in [3.63, 3.8) is 0 Å². The Morgan fingerprint density at radius 1 is 1.04 bits per heavy atom. The number of hydrogen-bond acceptors (Lipinski definition) is 3. The number of rotatable bonds is 5. The highest BCUT2D eigenvalue weighted by atomic mass is 16.2. The van der Waals surface area contributed by atoms with Gasteiger partial charge in [0.1, 0.15) is 5.82 Å². The van der Waals surface area contributed by atoms with Gasteiger partial charge in [0, 0.05) is 31.3 Å². The number of carbonyl (C=O) groups is 1. The molecule has 1 N–H and O–H groups in total. The summed E-state index contributed by atoms with van der Waals surface area (Å²) in [4.78, 5) is 19.1. The van der Waals surface area contributed by atoms with Crippen LogP contribution in [0.1, 0.15) is 87.7 Å². The number of aromatic nitrogens is 3. The molecule has 1 aliphatic heterocycles. The lowest BCUT2D eigenvalue weighted by Crippen LogP contribution is -2.38. The van der Waals surface area contributed by atoms with Gasteiger partial charge in [-0.1, -0.05) is 25.7 Å². The first-order valence-electron chi connectivity index (χ1n) is 9.49. The van der Waals surface area contributed by atoms with Gasteiger partial charge in [0.05, 0.1) is 0 Å². The Bertz CT molecular complexity index is 537. The molecule has 0 radical (unpaired) electrons. The van der Waals surface area contributed by atoms with Gasteiger partial charge in [0.15, 0.2) is 5.82 Å². The average molecular weight is 316 g/mol. The first kappa shape index (κ1) is 15.2. The SMILES string of the molecule is O=C(CCC1CCCC1)N1CCC(c2nc(C3CC3)n[nH]2)CC1. The van der Waals surface area contributed by atoms with E-state index < -0.39 is 0 Å². The Morgan fingerprint density at radius 2 is 1.78 bits per heavy atom. The van der Waals surface area contributed by atoms with Gasteiger partial charge in [0.25, 0.3) is 0 Å². The van der Waals surface area contributed by atoms with Crippen molar-refractivity contribution in [1.29, 1.82) is 0 Å². The van der Waals surface area contributed by atoms with Gasteiger partial charge in [-0.05, 0) is 38.0 Å². The lowest BCUT2D eigenvalue weighted by Gasteiger charge is -2.31. The lowest BCUT2D eigenvalue weighted by molar-refractivity contribution is -0.132. The molecule has 1 amide bonds. The van der Waals surface area contributed by atoms with Crippen molar-refractivity contribution in [3.05, 3.63) is 11.6 Å². The summed E-state index contributed by atoms with van der Waals surface area (Å²) in [6.07, 6.45) is 11.8. The molecular weight excluding hydrogens is 288 g/mol. The molecule has 0 unspecified atom stereocenters. The van der Waals surface area contributed by atoms with Crippen molar-refractivity contribution >= 4 is 5.91 Å². The van der Waals surface area contributed by atoms with Crippen LogP contribution < -0.4 is 0 Å². The van der Waals surface area contributed by atoms with Crippen LogP contribution in [-0.2, 0) is 4.79 Å². The molecule has 126 valence electrons. The molecule has 3 fully saturated rings. The van der Waals surface area contributed by atoms with E-state index >= 15 is 0 Å². The van der Waals surface area contributed by atoms with Crippen LogP contribution in [0.15, 0.2) is 0 Å². The van der Waals surface area contributed by atoms with Gasteiger partial charge in [-0.15, -0.1) is 0 Å². The fourth-order valence-electron chi connectivity index (χ4n) is 4.18. The molecule has 2 aliphatic carbocycles. The fourth-order valence-corrected chi connectivity index (χ4v) is 4.18. The number of likely N-dealkylation sites (tertiary alicyclic amines) is 1. The number of piperidine rings is 1. The predicted molar refractivity (Wildman–Crippen MR) is 88.1 cm³/mol. The number of nitrogens with zero attached hydrogens (tertiary/aromatic N) is 3. The summed E-state index contributed by atoms with van der Waals surface area (Å²) in [5.74, 6) is 4.30. The van der Waals surface area contributed by atoms with Gasteiger partial charge >= 0.3 is 0 Å². The van der Waals surface area contributed by atoms with Gasteiger partial charge in [-0.3, -0.25) is 9.89 Å². The third-order valence-electron chi connectivity index (χ3n) is 5.94. The zero-order chi connectivity index (χ0) is 15.6. The first-order chi connectivity index (χ1) is 11.3. The minimum Gasteiger partial charge on any atom is -0.343 e. The second-order valence-corrected chi connectivity index (χ2v) is 7.70. The van der Waals surface area contributed by atoms with E-state index in [1.54, 1.807) is 0 Å². The number of hydrogen-bond donors (Lipinski definition) is 1. The highest BCUT2D eigenvalue weighted by Gasteiger charge is 2.30. The van der Waals surface area contributed by atoms with Gasteiger partial charge in [-0.25, -0.2) is 4.98 Å². The molecule has 5 nitrogen and oxygen atoms in total. The average Bonchev–Trinajstić information content (AvgIpc) is 3.11. The molecule has 0 spiro atoms. The standard InChI is InChI=1S/C18H28N4O/c23-16(8-5-13-3-1-2-4-13)22-11-9-15(10-12-22)18-19-17(20-21-18)14-6-7-14/h13-15H,1-12H2,(H,19,20,21). The van der Waals surface area contributed by atoms with Crippen LogP contribution >= 0.6 is 0 Å². The van der Waals surface area contributed by atoms with E-state index in [0.717, 1.165) is 56.3 Å². The number of amides is 1. The second kappa shape index (κ2) is 6.62. The molecule has 1 aromatic rings.